The number of halogens is 1. The SMILES string of the molecule is CCc1c(C)nc(-c2ccc(Br)s2)nc1C#N. The molecule has 0 aliphatic rings. The second-order valence-corrected chi connectivity index (χ2v) is 5.99. The van der Waals surface area contributed by atoms with Gasteiger partial charge in [0.25, 0.3) is 0 Å². The third kappa shape index (κ3) is 2.38. The number of aromatic nitrogens is 2. The van der Waals surface area contributed by atoms with E-state index in [1.165, 1.54) is 0 Å². The van der Waals surface area contributed by atoms with Gasteiger partial charge in [-0.25, -0.2) is 9.97 Å². The van der Waals surface area contributed by atoms with Crippen LogP contribution in [0.15, 0.2) is 15.9 Å². The van der Waals surface area contributed by atoms with Crippen LogP contribution in [-0.4, -0.2) is 9.97 Å². The Balaban J connectivity index is 2.58. The lowest BCUT2D eigenvalue weighted by Crippen LogP contribution is -2.01. The lowest BCUT2D eigenvalue weighted by Gasteiger charge is -2.06. The maximum atomic E-state index is 9.10. The maximum Gasteiger partial charge on any atom is 0.171 e. The molecule has 0 saturated heterocycles. The molecule has 0 amide bonds. The molecule has 0 bridgehead atoms. The minimum atomic E-state index is 0.486. The minimum Gasteiger partial charge on any atom is -0.232 e. The predicted molar refractivity (Wildman–Crippen MR) is 71.9 cm³/mol. The Labute approximate surface area is 112 Å². The van der Waals surface area contributed by atoms with Crippen molar-refractivity contribution in [2.24, 2.45) is 0 Å². The van der Waals surface area contributed by atoms with E-state index in [4.69, 9.17) is 5.26 Å². The molecule has 0 saturated carbocycles. The highest BCUT2D eigenvalue weighted by Gasteiger charge is 2.12. The van der Waals surface area contributed by atoms with Gasteiger partial charge in [0, 0.05) is 11.3 Å². The molecule has 0 fully saturated rings. The molecule has 2 aromatic rings. The molecule has 0 spiro atoms. The van der Waals surface area contributed by atoms with E-state index in [0.29, 0.717) is 11.5 Å². The van der Waals surface area contributed by atoms with E-state index in [0.717, 1.165) is 26.3 Å². The summed E-state index contributed by atoms with van der Waals surface area (Å²) in [6.45, 7) is 3.93. The van der Waals surface area contributed by atoms with Gasteiger partial charge in [0.15, 0.2) is 5.82 Å². The van der Waals surface area contributed by atoms with Crippen LogP contribution < -0.4 is 0 Å². The van der Waals surface area contributed by atoms with Crippen LogP contribution in [0.25, 0.3) is 10.7 Å². The zero-order chi connectivity index (χ0) is 12.4. The monoisotopic (exact) mass is 307 g/mol. The standard InChI is InChI=1S/C12H10BrN3S/c1-3-8-7(2)15-12(16-9(8)6-14)10-4-5-11(13)17-10/h4-5H,3H2,1-2H3. The van der Waals surface area contributed by atoms with Gasteiger partial charge in [-0.1, -0.05) is 6.92 Å². The highest BCUT2D eigenvalue weighted by atomic mass is 79.9. The molecule has 2 aromatic heterocycles. The number of nitrogens with zero attached hydrogens (tertiary/aromatic N) is 3. The Hall–Kier alpha value is -1.25. The molecule has 5 heteroatoms. The van der Waals surface area contributed by atoms with Crippen molar-refractivity contribution < 1.29 is 0 Å². The first-order chi connectivity index (χ1) is 8.15. The van der Waals surface area contributed by atoms with Gasteiger partial charge in [0.1, 0.15) is 11.8 Å². The van der Waals surface area contributed by atoms with E-state index >= 15 is 0 Å². The summed E-state index contributed by atoms with van der Waals surface area (Å²) in [5.41, 5.74) is 2.31. The smallest absolute Gasteiger partial charge is 0.171 e. The molecule has 0 unspecified atom stereocenters. The summed E-state index contributed by atoms with van der Waals surface area (Å²) in [5.74, 6) is 0.631. The predicted octanol–water partition coefficient (Wildman–Crippen LogP) is 3.71. The lowest BCUT2D eigenvalue weighted by molar-refractivity contribution is 0.987. The van der Waals surface area contributed by atoms with E-state index in [-0.39, 0.29) is 0 Å². The number of hydrogen-bond donors (Lipinski definition) is 0. The first-order valence-electron chi connectivity index (χ1n) is 5.19. The molecule has 0 aromatic carbocycles. The Kier molecular flexibility index (Phi) is 3.55. The highest BCUT2D eigenvalue weighted by molar-refractivity contribution is 9.11. The fourth-order valence-corrected chi connectivity index (χ4v) is 2.98. The van der Waals surface area contributed by atoms with E-state index < -0.39 is 0 Å². The maximum absolute atomic E-state index is 9.10. The van der Waals surface area contributed by atoms with Crippen LogP contribution in [-0.2, 0) is 6.42 Å². The third-order valence-electron chi connectivity index (χ3n) is 2.47. The molecule has 86 valence electrons. The van der Waals surface area contributed by atoms with Crippen molar-refractivity contribution in [1.29, 1.82) is 5.26 Å². The van der Waals surface area contributed by atoms with Crippen LogP contribution in [0.1, 0.15) is 23.9 Å². The quantitative estimate of drug-likeness (QED) is 0.849. The number of rotatable bonds is 2. The second-order valence-electron chi connectivity index (χ2n) is 3.53. The van der Waals surface area contributed by atoms with Crippen molar-refractivity contribution in [1.82, 2.24) is 9.97 Å². The fourth-order valence-electron chi connectivity index (χ4n) is 1.66. The molecule has 0 atom stereocenters. The van der Waals surface area contributed by atoms with Crippen molar-refractivity contribution >= 4 is 27.3 Å². The van der Waals surface area contributed by atoms with Crippen LogP contribution >= 0.6 is 27.3 Å². The molecule has 0 aliphatic carbocycles. The summed E-state index contributed by atoms with van der Waals surface area (Å²) in [7, 11) is 0. The molecule has 0 aliphatic heterocycles. The Morgan fingerprint density at radius 1 is 1.41 bits per heavy atom. The van der Waals surface area contributed by atoms with Crippen LogP contribution in [0.2, 0.25) is 0 Å². The van der Waals surface area contributed by atoms with Gasteiger partial charge in [0.05, 0.1) is 8.66 Å². The van der Waals surface area contributed by atoms with E-state index in [9.17, 15) is 0 Å². The number of hydrogen-bond acceptors (Lipinski definition) is 4. The Morgan fingerprint density at radius 2 is 2.18 bits per heavy atom. The first-order valence-corrected chi connectivity index (χ1v) is 6.80. The molecular formula is C12H10BrN3S. The third-order valence-corrected chi connectivity index (χ3v) is 4.09. The van der Waals surface area contributed by atoms with E-state index in [2.05, 4.69) is 32.0 Å². The van der Waals surface area contributed by atoms with Gasteiger partial charge < -0.3 is 0 Å². The number of thiophene rings is 1. The van der Waals surface area contributed by atoms with Crippen LogP contribution in [0.3, 0.4) is 0 Å². The fraction of sp³-hybridized carbons (Fsp3) is 0.250. The van der Waals surface area contributed by atoms with E-state index in [1.807, 2.05) is 26.0 Å². The molecule has 3 nitrogen and oxygen atoms in total. The van der Waals surface area contributed by atoms with Gasteiger partial charge in [-0.05, 0) is 41.4 Å². The van der Waals surface area contributed by atoms with Gasteiger partial charge in [-0.2, -0.15) is 5.26 Å². The van der Waals surface area contributed by atoms with Gasteiger partial charge >= 0.3 is 0 Å². The second kappa shape index (κ2) is 4.94. The molecule has 2 heterocycles. The summed E-state index contributed by atoms with van der Waals surface area (Å²) in [6, 6.07) is 6.06. The summed E-state index contributed by atoms with van der Waals surface area (Å²) in [5, 5.41) is 9.10. The normalized spacial score (nSPS) is 10.2. The van der Waals surface area contributed by atoms with Crippen molar-refractivity contribution in [3.8, 4) is 16.8 Å². The van der Waals surface area contributed by atoms with Crippen molar-refractivity contribution in [2.45, 2.75) is 20.3 Å². The van der Waals surface area contributed by atoms with E-state index in [1.54, 1.807) is 11.3 Å². The molecule has 0 N–H and O–H groups in total. The van der Waals surface area contributed by atoms with Crippen molar-refractivity contribution in [2.75, 3.05) is 0 Å². The Bertz CT molecular complexity index is 598. The number of aryl methyl sites for hydroxylation is 1. The number of nitriles is 1. The topological polar surface area (TPSA) is 49.6 Å². The summed E-state index contributed by atoms with van der Waals surface area (Å²) >= 11 is 4.97. The molecule has 17 heavy (non-hydrogen) atoms. The minimum absolute atomic E-state index is 0.486. The molecule has 2 rings (SSSR count). The largest absolute Gasteiger partial charge is 0.232 e. The summed E-state index contributed by atoms with van der Waals surface area (Å²) < 4.78 is 1.03. The van der Waals surface area contributed by atoms with Crippen LogP contribution in [0, 0.1) is 18.3 Å². The Morgan fingerprint density at radius 3 is 2.71 bits per heavy atom. The summed E-state index contributed by atoms with van der Waals surface area (Å²) in [6.07, 6.45) is 0.781. The van der Waals surface area contributed by atoms with Gasteiger partial charge in [-0.15, -0.1) is 11.3 Å². The van der Waals surface area contributed by atoms with Crippen LogP contribution in [0.4, 0.5) is 0 Å². The average Bonchev–Trinajstić information content (AvgIpc) is 2.74. The molecule has 0 radical (unpaired) electrons. The zero-order valence-corrected chi connectivity index (χ0v) is 11.9. The van der Waals surface area contributed by atoms with Crippen LogP contribution in [0.5, 0.6) is 0 Å². The van der Waals surface area contributed by atoms with Crippen molar-refractivity contribution in [3.05, 3.63) is 32.9 Å². The zero-order valence-electron chi connectivity index (χ0n) is 9.49. The average molecular weight is 308 g/mol. The van der Waals surface area contributed by atoms with Crippen molar-refractivity contribution in [3.63, 3.8) is 0 Å². The van der Waals surface area contributed by atoms with Gasteiger partial charge in [0.2, 0.25) is 0 Å². The highest BCUT2D eigenvalue weighted by Crippen LogP contribution is 2.29. The van der Waals surface area contributed by atoms with Gasteiger partial charge in [-0.3, -0.25) is 0 Å². The first kappa shape index (κ1) is 12.2. The molecular weight excluding hydrogens is 298 g/mol. The summed E-state index contributed by atoms with van der Waals surface area (Å²) in [4.78, 5) is 9.76. The lowest BCUT2D eigenvalue weighted by atomic mass is 10.1.